The molecule has 0 N–H and O–H groups in total. The SMILES string of the molecule is CCN(CC)CCN(CC(C)C)C(=O)c1ccc(-n2nc(C)cc2C)nc1. The molecular weight excluding hydrogens is 338 g/mol. The summed E-state index contributed by atoms with van der Waals surface area (Å²) >= 11 is 0. The van der Waals surface area contributed by atoms with Crippen molar-refractivity contribution in [3.8, 4) is 5.82 Å². The molecule has 6 nitrogen and oxygen atoms in total. The molecule has 0 radical (unpaired) electrons. The second-order valence-electron chi connectivity index (χ2n) is 7.42. The Morgan fingerprint density at radius 3 is 2.33 bits per heavy atom. The van der Waals surface area contributed by atoms with Crippen LogP contribution in [0.15, 0.2) is 24.4 Å². The predicted molar refractivity (Wildman–Crippen MR) is 109 cm³/mol. The number of amides is 1. The summed E-state index contributed by atoms with van der Waals surface area (Å²) in [5.41, 5.74) is 2.61. The number of nitrogens with zero attached hydrogens (tertiary/aromatic N) is 5. The summed E-state index contributed by atoms with van der Waals surface area (Å²) in [6.07, 6.45) is 1.67. The van der Waals surface area contributed by atoms with E-state index < -0.39 is 0 Å². The van der Waals surface area contributed by atoms with Crippen LogP contribution >= 0.6 is 0 Å². The first-order valence-electron chi connectivity index (χ1n) is 9.87. The third-order valence-electron chi connectivity index (χ3n) is 4.67. The fourth-order valence-electron chi connectivity index (χ4n) is 3.20. The number of rotatable bonds is 9. The first-order valence-corrected chi connectivity index (χ1v) is 9.87. The molecule has 0 fully saturated rings. The summed E-state index contributed by atoms with van der Waals surface area (Å²) in [5, 5.41) is 4.45. The maximum Gasteiger partial charge on any atom is 0.255 e. The number of aryl methyl sites for hydroxylation is 2. The van der Waals surface area contributed by atoms with Crippen molar-refractivity contribution in [1.82, 2.24) is 24.6 Å². The number of hydrogen-bond acceptors (Lipinski definition) is 4. The van der Waals surface area contributed by atoms with Gasteiger partial charge in [0.05, 0.1) is 11.3 Å². The van der Waals surface area contributed by atoms with Gasteiger partial charge in [-0.3, -0.25) is 4.79 Å². The fourth-order valence-corrected chi connectivity index (χ4v) is 3.20. The maximum absolute atomic E-state index is 13.0. The topological polar surface area (TPSA) is 54.3 Å². The predicted octanol–water partition coefficient (Wildman–Crippen LogP) is 3.32. The van der Waals surface area contributed by atoms with Crippen molar-refractivity contribution in [3.05, 3.63) is 41.3 Å². The Hall–Kier alpha value is -2.21. The molecule has 6 heteroatoms. The van der Waals surface area contributed by atoms with Crippen LogP contribution in [0.25, 0.3) is 5.82 Å². The Bertz CT molecular complexity index is 732. The van der Waals surface area contributed by atoms with Gasteiger partial charge in [-0.1, -0.05) is 27.7 Å². The molecule has 2 aromatic heterocycles. The molecule has 0 atom stereocenters. The zero-order valence-electron chi connectivity index (χ0n) is 17.6. The van der Waals surface area contributed by atoms with Crippen LogP contribution in [0.3, 0.4) is 0 Å². The third kappa shape index (κ3) is 5.63. The van der Waals surface area contributed by atoms with Gasteiger partial charge in [-0.05, 0) is 51.1 Å². The van der Waals surface area contributed by atoms with Gasteiger partial charge in [-0.15, -0.1) is 0 Å². The quantitative estimate of drug-likeness (QED) is 0.678. The highest BCUT2D eigenvalue weighted by atomic mass is 16.2. The zero-order valence-corrected chi connectivity index (χ0v) is 17.6. The van der Waals surface area contributed by atoms with E-state index in [0.717, 1.165) is 49.9 Å². The molecule has 0 saturated carbocycles. The standard InChI is InChI=1S/C21H33N5O/c1-7-24(8-2)11-12-25(15-16(3)4)21(27)19-9-10-20(22-14-19)26-18(6)13-17(5)23-26/h9-10,13-14,16H,7-8,11-12,15H2,1-6H3. The van der Waals surface area contributed by atoms with E-state index in [1.807, 2.05) is 36.9 Å². The van der Waals surface area contributed by atoms with E-state index in [1.165, 1.54) is 0 Å². The number of hydrogen-bond donors (Lipinski definition) is 0. The van der Waals surface area contributed by atoms with E-state index in [9.17, 15) is 4.79 Å². The Balaban J connectivity index is 2.15. The second kappa shape index (κ2) is 9.65. The normalized spacial score (nSPS) is 11.4. The summed E-state index contributed by atoms with van der Waals surface area (Å²) in [5.74, 6) is 1.20. The average molecular weight is 372 g/mol. The lowest BCUT2D eigenvalue weighted by molar-refractivity contribution is 0.0716. The van der Waals surface area contributed by atoms with Crippen LogP contribution in [0, 0.1) is 19.8 Å². The van der Waals surface area contributed by atoms with E-state index in [-0.39, 0.29) is 5.91 Å². The van der Waals surface area contributed by atoms with Gasteiger partial charge in [0.25, 0.3) is 5.91 Å². The van der Waals surface area contributed by atoms with Crippen LogP contribution in [0.5, 0.6) is 0 Å². The summed E-state index contributed by atoms with van der Waals surface area (Å²) in [6.45, 7) is 16.9. The lowest BCUT2D eigenvalue weighted by atomic mass is 10.1. The molecule has 148 valence electrons. The minimum absolute atomic E-state index is 0.0447. The van der Waals surface area contributed by atoms with Gasteiger partial charge in [0.15, 0.2) is 5.82 Å². The molecule has 0 spiro atoms. The van der Waals surface area contributed by atoms with E-state index in [2.05, 4.69) is 42.7 Å². The number of aromatic nitrogens is 3. The highest BCUT2D eigenvalue weighted by Gasteiger charge is 2.18. The van der Waals surface area contributed by atoms with Gasteiger partial charge < -0.3 is 9.80 Å². The van der Waals surface area contributed by atoms with Crippen molar-refractivity contribution in [2.45, 2.75) is 41.5 Å². The minimum atomic E-state index is 0.0447. The number of likely N-dealkylation sites (N-methyl/N-ethyl adjacent to an activating group) is 1. The Labute approximate surface area is 163 Å². The van der Waals surface area contributed by atoms with Gasteiger partial charge in [0.2, 0.25) is 0 Å². The van der Waals surface area contributed by atoms with Crippen LogP contribution in [0.4, 0.5) is 0 Å². The first-order chi connectivity index (χ1) is 12.8. The molecule has 0 bridgehead atoms. The van der Waals surface area contributed by atoms with Crippen molar-refractivity contribution < 1.29 is 4.79 Å². The largest absolute Gasteiger partial charge is 0.337 e. The monoisotopic (exact) mass is 371 g/mol. The van der Waals surface area contributed by atoms with Crippen molar-refractivity contribution in [3.63, 3.8) is 0 Å². The van der Waals surface area contributed by atoms with E-state index in [4.69, 9.17) is 0 Å². The molecule has 27 heavy (non-hydrogen) atoms. The zero-order chi connectivity index (χ0) is 20.0. The van der Waals surface area contributed by atoms with E-state index >= 15 is 0 Å². The lowest BCUT2D eigenvalue weighted by Gasteiger charge is -2.28. The van der Waals surface area contributed by atoms with Gasteiger partial charge >= 0.3 is 0 Å². The van der Waals surface area contributed by atoms with Gasteiger partial charge in [-0.25, -0.2) is 9.67 Å². The highest BCUT2D eigenvalue weighted by Crippen LogP contribution is 2.12. The number of carbonyl (C=O) groups excluding carboxylic acids is 1. The summed E-state index contributed by atoms with van der Waals surface area (Å²) < 4.78 is 1.80. The highest BCUT2D eigenvalue weighted by molar-refractivity contribution is 5.94. The van der Waals surface area contributed by atoms with Crippen LogP contribution in [0.1, 0.15) is 49.4 Å². The number of pyridine rings is 1. The van der Waals surface area contributed by atoms with E-state index in [0.29, 0.717) is 11.5 Å². The average Bonchev–Trinajstić information content (AvgIpc) is 2.99. The molecule has 1 amide bonds. The molecule has 0 aliphatic rings. The van der Waals surface area contributed by atoms with Crippen molar-refractivity contribution in [2.24, 2.45) is 5.92 Å². The maximum atomic E-state index is 13.0. The number of carbonyl (C=O) groups is 1. The summed E-state index contributed by atoms with van der Waals surface area (Å²) in [7, 11) is 0. The van der Waals surface area contributed by atoms with E-state index in [1.54, 1.807) is 10.9 Å². The van der Waals surface area contributed by atoms with Gasteiger partial charge in [0, 0.05) is 31.5 Å². The van der Waals surface area contributed by atoms with Crippen LogP contribution in [-0.2, 0) is 0 Å². The van der Waals surface area contributed by atoms with Gasteiger partial charge in [0.1, 0.15) is 0 Å². The Kier molecular flexibility index (Phi) is 7.54. The molecular formula is C21H33N5O. The second-order valence-corrected chi connectivity index (χ2v) is 7.42. The summed E-state index contributed by atoms with van der Waals surface area (Å²) in [6, 6.07) is 5.73. The summed E-state index contributed by atoms with van der Waals surface area (Å²) in [4.78, 5) is 21.8. The first kappa shape index (κ1) is 21.1. The lowest BCUT2D eigenvalue weighted by Crippen LogP contribution is -2.40. The Morgan fingerprint density at radius 2 is 1.85 bits per heavy atom. The van der Waals surface area contributed by atoms with Crippen molar-refractivity contribution in [1.29, 1.82) is 0 Å². The molecule has 0 aliphatic heterocycles. The van der Waals surface area contributed by atoms with Crippen molar-refractivity contribution >= 4 is 5.91 Å². The molecule has 0 unspecified atom stereocenters. The van der Waals surface area contributed by atoms with Crippen LogP contribution in [-0.4, -0.2) is 63.2 Å². The smallest absolute Gasteiger partial charge is 0.255 e. The molecule has 2 heterocycles. The van der Waals surface area contributed by atoms with Gasteiger partial charge in [-0.2, -0.15) is 5.10 Å². The fraction of sp³-hybridized carbons (Fsp3) is 0.571. The van der Waals surface area contributed by atoms with Crippen LogP contribution < -0.4 is 0 Å². The Morgan fingerprint density at radius 1 is 1.15 bits per heavy atom. The van der Waals surface area contributed by atoms with Crippen molar-refractivity contribution in [2.75, 3.05) is 32.7 Å². The molecule has 2 aromatic rings. The minimum Gasteiger partial charge on any atom is -0.337 e. The third-order valence-corrected chi connectivity index (χ3v) is 4.67. The molecule has 0 saturated heterocycles. The molecule has 0 aromatic carbocycles. The van der Waals surface area contributed by atoms with Crippen LogP contribution in [0.2, 0.25) is 0 Å². The molecule has 0 aliphatic carbocycles. The molecule has 2 rings (SSSR count).